The number of ether oxygens (including phenoxy) is 6. The van der Waals surface area contributed by atoms with Crippen molar-refractivity contribution in [3.05, 3.63) is 91.8 Å². The van der Waals surface area contributed by atoms with Crippen LogP contribution in [0.2, 0.25) is 0 Å². The van der Waals surface area contributed by atoms with Crippen molar-refractivity contribution >= 4 is 64.6 Å². The predicted octanol–water partition coefficient (Wildman–Crippen LogP) is 2.63. The van der Waals surface area contributed by atoms with Crippen molar-refractivity contribution in [3.8, 4) is 34.9 Å². The number of rotatable bonds is 15. The minimum atomic E-state index is -3.82. The van der Waals surface area contributed by atoms with Crippen LogP contribution in [0.1, 0.15) is 0 Å². The molecule has 0 amide bonds. The average Bonchev–Trinajstić information content (AvgIpc) is 3.26. The Balaban J connectivity index is 0.000000207. The summed E-state index contributed by atoms with van der Waals surface area (Å²) in [7, 11) is -3.19. The van der Waals surface area contributed by atoms with Gasteiger partial charge in [-0.25, -0.2) is 40.2 Å². The number of nitrogens with zero attached hydrogens (tertiary/aromatic N) is 6. The lowest BCUT2D eigenvalue weighted by atomic mass is 10.3. The molecule has 3 heterocycles. The van der Waals surface area contributed by atoms with Crippen molar-refractivity contribution in [2.75, 3.05) is 74.0 Å². The number of sulfonamides is 3. The van der Waals surface area contributed by atoms with Crippen molar-refractivity contribution < 1.29 is 53.7 Å². The van der Waals surface area contributed by atoms with Gasteiger partial charge in [-0.1, -0.05) is 0 Å². The maximum Gasteiger partial charge on any atom is 0.263 e. The number of nitrogens with one attached hydrogen (secondary N) is 3. The lowest BCUT2D eigenvalue weighted by Crippen LogP contribution is -2.15. The number of aromatic nitrogens is 6. The van der Waals surface area contributed by atoms with Gasteiger partial charge in [-0.2, -0.15) is 15.0 Å². The number of benzene rings is 3. The zero-order chi connectivity index (χ0) is 46.4. The molecule has 6 aromatic rings. The molecule has 0 aliphatic rings. The van der Waals surface area contributed by atoms with E-state index in [0.717, 1.165) is 0 Å². The molecule has 0 atom stereocenters. The lowest BCUT2D eigenvalue weighted by Gasteiger charge is -2.12. The molecule has 336 valence electrons. The second kappa shape index (κ2) is 21.2. The number of hydrogen-bond donors (Lipinski definition) is 6. The Labute approximate surface area is 362 Å². The number of anilines is 6. The summed E-state index contributed by atoms with van der Waals surface area (Å²) in [4.78, 5) is 23.2. The summed E-state index contributed by atoms with van der Waals surface area (Å²) in [6, 6.07) is 17.3. The summed E-state index contributed by atoms with van der Waals surface area (Å²) < 4.78 is 111. The van der Waals surface area contributed by atoms with Crippen molar-refractivity contribution in [1.82, 2.24) is 29.9 Å². The smallest absolute Gasteiger partial charge is 0.263 e. The van der Waals surface area contributed by atoms with Gasteiger partial charge in [0.1, 0.15) is 19.0 Å². The first-order valence-electron chi connectivity index (χ1n) is 17.4. The molecule has 24 nitrogen and oxygen atoms in total. The van der Waals surface area contributed by atoms with Gasteiger partial charge in [0.05, 0.1) is 57.3 Å². The Bertz CT molecular complexity index is 2500. The maximum atomic E-state index is 12.3. The third kappa shape index (κ3) is 12.5. The van der Waals surface area contributed by atoms with Gasteiger partial charge in [0.15, 0.2) is 17.5 Å². The molecule has 3 aromatic carbocycles. The Kier molecular flexibility index (Phi) is 16.2. The van der Waals surface area contributed by atoms with Crippen molar-refractivity contribution in [1.29, 1.82) is 0 Å². The normalized spacial score (nSPS) is 11.0. The van der Waals surface area contributed by atoms with Crippen LogP contribution in [-0.4, -0.2) is 97.8 Å². The third-order valence-electron chi connectivity index (χ3n) is 7.77. The van der Waals surface area contributed by atoms with Crippen molar-refractivity contribution in [2.24, 2.45) is 0 Å². The van der Waals surface area contributed by atoms with Gasteiger partial charge in [-0.3, -0.25) is 14.2 Å². The molecule has 0 saturated heterocycles. The van der Waals surface area contributed by atoms with E-state index in [1.807, 2.05) is 0 Å². The zero-order valence-electron chi connectivity index (χ0n) is 34.2. The Morgan fingerprint density at radius 2 is 0.587 bits per heavy atom. The summed E-state index contributed by atoms with van der Waals surface area (Å²) in [6.45, 7) is 0. The van der Waals surface area contributed by atoms with E-state index in [9.17, 15) is 25.3 Å². The predicted molar refractivity (Wildman–Crippen MR) is 230 cm³/mol. The van der Waals surface area contributed by atoms with Crippen LogP contribution < -0.4 is 59.8 Å². The van der Waals surface area contributed by atoms with Crippen LogP contribution in [0.25, 0.3) is 0 Å². The number of nitrogen functional groups attached to an aromatic ring is 3. The van der Waals surface area contributed by atoms with Crippen molar-refractivity contribution in [3.63, 3.8) is 0 Å². The first-order valence-corrected chi connectivity index (χ1v) is 21.8. The van der Waals surface area contributed by atoms with Crippen LogP contribution >= 0.6 is 0 Å². The highest BCUT2D eigenvalue weighted by molar-refractivity contribution is 7.93. The highest BCUT2D eigenvalue weighted by Crippen LogP contribution is 2.34. The molecular formula is C36H42N12O12S3. The second-order valence-corrected chi connectivity index (χ2v) is 16.9. The molecule has 0 spiro atoms. The molecule has 63 heavy (non-hydrogen) atoms. The fourth-order valence-electron chi connectivity index (χ4n) is 4.78. The molecule has 9 N–H and O–H groups in total. The summed E-state index contributed by atoms with van der Waals surface area (Å²) in [6.07, 6.45) is 3.51. The molecule has 0 bridgehead atoms. The zero-order valence-corrected chi connectivity index (χ0v) is 36.6. The standard InChI is InChI=1S/3C12H14N4O4S/c3*1-19-10-11(14-7-15-12(10)20-2)16-21(17,18)9-5-3-8(13)4-6-9/h3*3-7H,13H2,1-2H3,(H,14,15,16). The molecule has 0 aliphatic heterocycles. The van der Waals surface area contributed by atoms with E-state index in [4.69, 9.17) is 45.6 Å². The fraction of sp³-hybridized carbons (Fsp3) is 0.167. The number of methoxy groups -OCH3 is 6. The van der Waals surface area contributed by atoms with Gasteiger partial charge in [0.2, 0.25) is 17.2 Å². The summed E-state index contributed by atoms with van der Waals surface area (Å²) >= 11 is 0. The van der Waals surface area contributed by atoms with Crippen molar-refractivity contribution in [2.45, 2.75) is 14.7 Å². The van der Waals surface area contributed by atoms with E-state index < -0.39 is 30.1 Å². The molecule has 0 fully saturated rings. The molecular weight excluding hydrogens is 889 g/mol. The van der Waals surface area contributed by atoms with Gasteiger partial charge in [0, 0.05) is 17.1 Å². The van der Waals surface area contributed by atoms with E-state index in [2.05, 4.69) is 44.1 Å². The number of hydrogen-bond acceptors (Lipinski definition) is 21. The molecule has 0 unspecified atom stereocenters. The van der Waals surface area contributed by atoms with Crippen LogP contribution in [-0.2, 0) is 30.1 Å². The highest BCUT2D eigenvalue weighted by atomic mass is 32.2. The summed E-state index contributed by atoms with van der Waals surface area (Å²) in [5.74, 6) is 0.633. The van der Waals surface area contributed by atoms with Crippen LogP contribution in [0.4, 0.5) is 34.5 Å². The van der Waals surface area contributed by atoms with Gasteiger partial charge in [0.25, 0.3) is 47.7 Å². The molecule has 0 saturated carbocycles. The maximum absolute atomic E-state index is 12.3. The van der Waals surface area contributed by atoms with E-state index in [-0.39, 0.29) is 67.0 Å². The topological polar surface area (TPSA) is 349 Å². The van der Waals surface area contributed by atoms with E-state index >= 15 is 0 Å². The lowest BCUT2D eigenvalue weighted by molar-refractivity contribution is 0.342. The molecule has 0 radical (unpaired) electrons. The molecule has 0 aliphatic carbocycles. The Morgan fingerprint density at radius 1 is 0.365 bits per heavy atom. The molecule has 3 aromatic heterocycles. The average molecular weight is 931 g/mol. The van der Waals surface area contributed by atoms with Crippen LogP contribution in [0.15, 0.2) is 106 Å². The summed E-state index contributed by atoms with van der Waals surface area (Å²) in [5, 5.41) is 0. The molecule has 27 heteroatoms. The summed E-state index contributed by atoms with van der Waals surface area (Å²) in [5.41, 5.74) is 18.0. The molecule has 6 rings (SSSR count). The minimum Gasteiger partial charge on any atom is -0.489 e. The van der Waals surface area contributed by atoms with Gasteiger partial charge < -0.3 is 45.6 Å². The van der Waals surface area contributed by atoms with Gasteiger partial charge in [-0.05, 0) is 72.8 Å². The van der Waals surface area contributed by atoms with Gasteiger partial charge >= 0.3 is 0 Å². The third-order valence-corrected chi connectivity index (χ3v) is 11.8. The monoisotopic (exact) mass is 930 g/mol. The Morgan fingerprint density at radius 3 is 0.778 bits per heavy atom. The quantitative estimate of drug-likeness (QED) is 0.0806. The minimum absolute atomic E-state index is 0.0128. The van der Waals surface area contributed by atoms with E-state index in [1.165, 1.54) is 134 Å². The fourth-order valence-corrected chi connectivity index (χ4v) is 7.82. The second-order valence-electron chi connectivity index (χ2n) is 11.8. The van der Waals surface area contributed by atoms with Crippen LogP contribution in [0, 0.1) is 0 Å². The highest BCUT2D eigenvalue weighted by Gasteiger charge is 2.23. The van der Waals surface area contributed by atoms with Gasteiger partial charge in [-0.15, -0.1) is 0 Å². The van der Waals surface area contributed by atoms with E-state index in [1.54, 1.807) is 0 Å². The van der Waals surface area contributed by atoms with E-state index in [0.29, 0.717) is 17.1 Å². The SMILES string of the molecule is COc1ncnc(NS(=O)(=O)c2ccc(N)cc2)c1OC.COc1ncnc(NS(=O)(=O)c2ccc(N)cc2)c1OC.COc1ncnc(NS(=O)(=O)c2ccc(N)cc2)c1OC. The Hall–Kier alpha value is -7.65. The first-order chi connectivity index (χ1) is 29.9. The first kappa shape index (κ1) is 48.0. The van der Waals surface area contributed by atoms with Crippen LogP contribution in [0.3, 0.4) is 0 Å². The number of nitrogens with two attached hydrogens (primary N) is 3. The van der Waals surface area contributed by atoms with Crippen LogP contribution in [0.5, 0.6) is 34.9 Å². The largest absolute Gasteiger partial charge is 0.489 e.